The lowest BCUT2D eigenvalue weighted by atomic mass is 10.1. The zero-order chi connectivity index (χ0) is 21.2. The molecule has 2 N–H and O–H groups in total. The van der Waals surface area contributed by atoms with Crippen LogP contribution in [0.3, 0.4) is 0 Å². The summed E-state index contributed by atoms with van der Waals surface area (Å²) in [7, 11) is 3.29. The van der Waals surface area contributed by atoms with Crippen LogP contribution in [0.5, 0.6) is 11.5 Å². The van der Waals surface area contributed by atoms with Crippen molar-refractivity contribution in [3.05, 3.63) is 23.3 Å². The Hall–Kier alpha value is -2.32. The molecule has 2 amide bonds. The lowest BCUT2D eigenvalue weighted by Gasteiger charge is -2.34. The standard InChI is InChI=1S/C21H34N4O4/c1-5-6-22-20(26)13-23-21(27)15-25-9-7-24(8-10-25)14-17-12-19(29-4)18(28-3)11-16(17)2/h11-12H,5-10,13-15H2,1-4H3,(H,22,26)(H,23,27). The summed E-state index contributed by atoms with van der Waals surface area (Å²) >= 11 is 0. The molecule has 162 valence electrons. The third-order valence-corrected chi connectivity index (χ3v) is 5.09. The molecule has 1 aliphatic heterocycles. The van der Waals surface area contributed by atoms with Crippen LogP contribution in [0, 0.1) is 6.92 Å². The van der Waals surface area contributed by atoms with E-state index >= 15 is 0 Å². The second-order valence-electron chi connectivity index (χ2n) is 7.31. The maximum Gasteiger partial charge on any atom is 0.239 e. The molecule has 0 aromatic heterocycles. The van der Waals surface area contributed by atoms with Crippen molar-refractivity contribution in [2.45, 2.75) is 26.8 Å². The van der Waals surface area contributed by atoms with Gasteiger partial charge >= 0.3 is 0 Å². The predicted molar refractivity (Wildman–Crippen MR) is 112 cm³/mol. The molecule has 1 aromatic rings. The molecule has 1 fully saturated rings. The molecule has 1 aliphatic rings. The molecular formula is C21H34N4O4. The molecule has 29 heavy (non-hydrogen) atoms. The number of nitrogens with one attached hydrogen (secondary N) is 2. The largest absolute Gasteiger partial charge is 0.493 e. The van der Waals surface area contributed by atoms with E-state index < -0.39 is 0 Å². The summed E-state index contributed by atoms with van der Waals surface area (Å²) in [6, 6.07) is 4.04. The van der Waals surface area contributed by atoms with Gasteiger partial charge in [0.05, 0.1) is 27.3 Å². The molecule has 0 saturated carbocycles. The lowest BCUT2D eigenvalue weighted by Crippen LogP contribution is -2.50. The van der Waals surface area contributed by atoms with Crippen molar-refractivity contribution < 1.29 is 19.1 Å². The number of benzene rings is 1. The third-order valence-electron chi connectivity index (χ3n) is 5.09. The van der Waals surface area contributed by atoms with E-state index in [1.807, 2.05) is 19.1 Å². The molecule has 0 aliphatic carbocycles. The van der Waals surface area contributed by atoms with Crippen molar-refractivity contribution in [1.29, 1.82) is 0 Å². The first kappa shape index (κ1) is 23.0. The minimum absolute atomic E-state index is 0.0391. The lowest BCUT2D eigenvalue weighted by molar-refractivity contribution is -0.127. The Balaban J connectivity index is 1.76. The second kappa shape index (κ2) is 11.6. The molecule has 0 spiro atoms. The van der Waals surface area contributed by atoms with Gasteiger partial charge in [-0.15, -0.1) is 0 Å². The highest BCUT2D eigenvalue weighted by Gasteiger charge is 2.20. The molecule has 0 radical (unpaired) electrons. The van der Waals surface area contributed by atoms with Gasteiger partial charge in [0.2, 0.25) is 11.8 Å². The van der Waals surface area contributed by atoms with Gasteiger partial charge in [0.1, 0.15) is 0 Å². The van der Waals surface area contributed by atoms with Crippen LogP contribution in [0.25, 0.3) is 0 Å². The first-order valence-electron chi connectivity index (χ1n) is 10.2. The number of aryl methyl sites for hydroxylation is 1. The number of methoxy groups -OCH3 is 2. The van der Waals surface area contributed by atoms with Crippen LogP contribution in [-0.2, 0) is 16.1 Å². The van der Waals surface area contributed by atoms with Gasteiger partial charge in [-0.1, -0.05) is 6.92 Å². The highest BCUT2D eigenvalue weighted by molar-refractivity contribution is 5.85. The van der Waals surface area contributed by atoms with Crippen molar-refractivity contribution in [2.24, 2.45) is 0 Å². The average Bonchev–Trinajstić information content (AvgIpc) is 2.73. The number of rotatable bonds is 10. The van der Waals surface area contributed by atoms with E-state index in [0.717, 1.165) is 50.6 Å². The SMILES string of the molecule is CCCNC(=O)CNC(=O)CN1CCN(Cc2cc(OC)c(OC)cc2C)CC1. The molecule has 1 aromatic carbocycles. The average molecular weight is 407 g/mol. The fourth-order valence-electron chi connectivity index (χ4n) is 3.30. The van der Waals surface area contributed by atoms with Gasteiger partial charge in [0.25, 0.3) is 0 Å². The summed E-state index contributed by atoms with van der Waals surface area (Å²) in [5.41, 5.74) is 2.39. The third kappa shape index (κ3) is 7.21. The molecule has 1 saturated heterocycles. The normalized spacial score (nSPS) is 15.0. The highest BCUT2D eigenvalue weighted by Crippen LogP contribution is 2.30. The first-order chi connectivity index (χ1) is 14.0. The summed E-state index contributed by atoms with van der Waals surface area (Å²) in [4.78, 5) is 28.1. The van der Waals surface area contributed by atoms with Crippen molar-refractivity contribution in [3.63, 3.8) is 0 Å². The number of piperazine rings is 1. The smallest absolute Gasteiger partial charge is 0.239 e. The van der Waals surface area contributed by atoms with Crippen molar-refractivity contribution in [2.75, 3.05) is 60.0 Å². The number of hydrogen-bond donors (Lipinski definition) is 2. The van der Waals surface area contributed by atoms with Crippen LogP contribution in [-0.4, -0.2) is 81.6 Å². The minimum Gasteiger partial charge on any atom is -0.493 e. The molecule has 0 bridgehead atoms. The summed E-state index contributed by atoms with van der Waals surface area (Å²) in [6.07, 6.45) is 0.882. The van der Waals surface area contributed by atoms with Crippen LogP contribution in [0.4, 0.5) is 0 Å². The van der Waals surface area contributed by atoms with Gasteiger partial charge in [0, 0.05) is 39.3 Å². The van der Waals surface area contributed by atoms with Gasteiger partial charge < -0.3 is 20.1 Å². The van der Waals surface area contributed by atoms with Crippen LogP contribution in [0.1, 0.15) is 24.5 Å². The quantitative estimate of drug-likeness (QED) is 0.597. The molecule has 8 heteroatoms. The first-order valence-corrected chi connectivity index (χ1v) is 10.2. The van der Waals surface area contributed by atoms with Crippen LogP contribution < -0.4 is 20.1 Å². The zero-order valence-electron chi connectivity index (χ0n) is 18.0. The summed E-state index contributed by atoms with van der Waals surface area (Å²) in [5.74, 6) is 1.23. The molecule has 8 nitrogen and oxygen atoms in total. The van der Waals surface area contributed by atoms with Gasteiger partial charge in [0.15, 0.2) is 11.5 Å². The number of ether oxygens (including phenoxy) is 2. The van der Waals surface area contributed by atoms with Crippen LogP contribution in [0.2, 0.25) is 0 Å². The zero-order valence-corrected chi connectivity index (χ0v) is 18.0. The van der Waals surface area contributed by atoms with Crippen LogP contribution in [0.15, 0.2) is 12.1 Å². The summed E-state index contributed by atoms with van der Waals surface area (Å²) in [6.45, 7) is 9.32. The second-order valence-corrected chi connectivity index (χ2v) is 7.31. The molecule has 0 unspecified atom stereocenters. The molecule has 0 atom stereocenters. The monoisotopic (exact) mass is 406 g/mol. The number of nitrogens with zero attached hydrogens (tertiary/aromatic N) is 2. The van der Waals surface area contributed by atoms with Gasteiger partial charge in [-0.2, -0.15) is 0 Å². The maximum absolute atomic E-state index is 12.1. The summed E-state index contributed by atoms with van der Waals surface area (Å²) in [5, 5.41) is 5.44. The van der Waals surface area contributed by atoms with E-state index in [0.29, 0.717) is 13.1 Å². The fraction of sp³-hybridized carbons (Fsp3) is 0.619. The van der Waals surface area contributed by atoms with Gasteiger partial charge in [-0.05, 0) is 36.6 Å². The number of amides is 2. The van der Waals surface area contributed by atoms with Crippen molar-refractivity contribution in [1.82, 2.24) is 20.4 Å². The Morgan fingerprint density at radius 2 is 1.59 bits per heavy atom. The maximum atomic E-state index is 12.1. The topological polar surface area (TPSA) is 83.1 Å². The van der Waals surface area contributed by atoms with E-state index in [4.69, 9.17) is 9.47 Å². The Morgan fingerprint density at radius 1 is 0.966 bits per heavy atom. The van der Waals surface area contributed by atoms with E-state index in [9.17, 15) is 9.59 Å². The van der Waals surface area contributed by atoms with E-state index in [1.54, 1.807) is 14.2 Å². The fourth-order valence-corrected chi connectivity index (χ4v) is 3.30. The minimum atomic E-state index is -0.143. The molecule has 2 rings (SSSR count). The van der Waals surface area contributed by atoms with Crippen LogP contribution >= 0.6 is 0 Å². The Kier molecular flexibility index (Phi) is 9.21. The summed E-state index contributed by atoms with van der Waals surface area (Å²) < 4.78 is 10.8. The van der Waals surface area contributed by atoms with E-state index in [1.165, 1.54) is 11.1 Å². The van der Waals surface area contributed by atoms with E-state index in [2.05, 4.69) is 27.4 Å². The molecular weight excluding hydrogens is 372 g/mol. The van der Waals surface area contributed by atoms with Crippen molar-refractivity contribution in [3.8, 4) is 11.5 Å². The van der Waals surface area contributed by atoms with Gasteiger partial charge in [-0.3, -0.25) is 19.4 Å². The van der Waals surface area contributed by atoms with E-state index in [-0.39, 0.29) is 18.4 Å². The Labute approximate surface area is 173 Å². The Bertz CT molecular complexity index is 688. The highest BCUT2D eigenvalue weighted by atomic mass is 16.5. The predicted octanol–water partition coefficient (Wildman–Crippen LogP) is 0.772. The van der Waals surface area contributed by atoms with Gasteiger partial charge in [-0.25, -0.2) is 0 Å². The number of carbonyl (C=O) groups is 2. The van der Waals surface area contributed by atoms with Crippen molar-refractivity contribution >= 4 is 11.8 Å². The number of carbonyl (C=O) groups excluding carboxylic acids is 2. The molecule has 1 heterocycles. The number of hydrogen-bond acceptors (Lipinski definition) is 6. The Morgan fingerprint density at radius 3 is 2.21 bits per heavy atom.